The first-order chi connectivity index (χ1) is 18.7. The van der Waals surface area contributed by atoms with Gasteiger partial charge in [-0.1, -0.05) is 30.3 Å². The average Bonchev–Trinajstić information content (AvgIpc) is 3.03. The van der Waals surface area contributed by atoms with Crippen molar-refractivity contribution in [3.63, 3.8) is 0 Å². The van der Waals surface area contributed by atoms with Gasteiger partial charge < -0.3 is 19.5 Å². The molecule has 5 rings (SSSR count). The van der Waals surface area contributed by atoms with Crippen LogP contribution in [0.3, 0.4) is 0 Å². The zero-order valence-electron chi connectivity index (χ0n) is 20.9. The van der Waals surface area contributed by atoms with Crippen molar-refractivity contribution in [3.05, 3.63) is 98.7 Å². The molecule has 7 nitrogen and oxygen atoms in total. The van der Waals surface area contributed by atoms with Gasteiger partial charge >= 0.3 is 0 Å². The fourth-order valence-electron chi connectivity index (χ4n) is 5.03. The van der Waals surface area contributed by atoms with Crippen LogP contribution in [0.25, 0.3) is 0 Å². The minimum atomic E-state index is -1.37. The highest BCUT2D eigenvalue weighted by molar-refractivity contribution is 5.99. The Morgan fingerprint density at radius 3 is 2.46 bits per heavy atom. The highest BCUT2D eigenvalue weighted by atomic mass is 19.1. The molecule has 11 heteroatoms. The van der Waals surface area contributed by atoms with Gasteiger partial charge in [-0.25, -0.2) is 17.6 Å². The molecule has 1 saturated heterocycles. The smallest absolute Gasteiger partial charge is 0.274 e. The monoisotopic (exact) mass is 543 g/mol. The van der Waals surface area contributed by atoms with Crippen LogP contribution in [0.1, 0.15) is 57.8 Å². The molecule has 0 saturated carbocycles. The Hall–Kier alpha value is -4.15. The van der Waals surface area contributed by atoms with E-state index in [0.717, 1.165) is 6.20 Å². The van der Waals surface area contributed by atoms with Crippen molar-refractivity contribution in [1.82, 2.24) is 14.8 Å². The number of fused-ring (bicyclic) bond motifs is 4. The summed E-state index contributed by atoms with van der Waals surface area (Å²) < 4.78 is 63.8. The van der Waals surface area contributed by atoms with Crippen LogP contribution in [0.5, 0.6) is 5.75 Å². The highest BCUT2D eigenvalue weighted by Gasteiger charge is 2.43. The number of aromatic nitrogens is 1. The zero-order chi connectivity index (χ0) is 27.8. The number of ether oxygens (including phenoxy) is 1. The second kappa shape index (κ2) is 10.5. The summed E-state index contributed by atoms with van der Waals surface area (Å²) in [5.74, 6) is -5.48. The normalized spacial score (nSPS) is 20.3. The molecule has 3 aromatic rings. The summed E-state index contributed by atoms with van der Waals surface area (Å²) in [5.41, 5.74) is -1.49. The van der Waals surface area contributed by atoms with Crippen LogP contribution in [-0.2, 0) is 13.2 Å². The van der Waals surface area contributed by atoms with Gasteiger partial charge in [0.25, 0.3) is 11.8 Å². The summed E-state index contributed by atoms with van der Waals surface area (Å²) in [6, 6.07) is 8.62. The van der Waals surface area contributed by atoms with E-state index < -0.39 is 70.3 Å². The van der Waals surface area contributed by atoms with Crippen LogP contribution in [-0.4, -0.2) is 40.0 Å². The fraction of sp³-hybridized carbons (Fsp3) is 0.321. The van der Waals surface area contributed by atoms with Gasteiger partial charge in [0.2, 0.25) is 5.43 Å². The van der Waals surface area contributed by atoms with Crippen LogP contribution in [0, 0.1) is 17.5 Å². The molecule has 1 N–H and O–H groups in total. The van der Waals surface area contributed by atoms with E-state index in [2.05, 4.69) is 5.32 Å². The van der Waals surface area contributed by atoms with E-state index in [9.17, 15) is 27.6 Å². The maximum atomic E-state index is 15.3. The van der Waals surface area contributed by atoms with Gasteiger partial charge in [-0.15, -0.1) is 0 Å². The van der Waals surface area contributed by atoms with Gasteiger partial charge in [-0.2, -0.15) is 0 Å². The molecule has 3 atom stereocenters. The average molecular weight is 544 g/mol. The second-order valence-corrected chi connectivity index (χ2v) is 9.73. The van der Waals surface area contributed by atoms with E-state index in [1.807, 2.05) is 0 Å². The number of nitrogens with one attached hydrogen (secondary N) is 1. The Bertz CT molecular complexity index is 1470. The zero-order valence-corrected chi connectivity index (χ0v) is 20.9. The number of pyridine rings is 1. The minimum Gasteiger partial charge on any atom is -0.483 e. The molecule has 204 valence electrons. The summed E-state index contributed by atoms with van der Waals surface area (Å²) in [4.78, 5) is 41.7. The predicted molar refractivity (Wildman–Crippen MR) is 133 cm³/mol. The molecule has 0 aliphatic carbocycles. The van der Waals surface area contributed by atoms with Crippen LogP contribution in [0.15, 0.2) is 53.5 Å². The highest BCUT2D eigenvalue weighted by Crippen LogP contribution is 2.36. The molecule has 1 unspecified atom stereocenters. The van der Waals surface area contributed by atoms with E-state index in [-0.39, 0.29) is 31.3 Å². The third kappa shape index (κ3) is 5.00. The van der Waals surface area contributed by atoms with E-state index in [4.69, 9.17) is 4.74 Å². The third-order valence-corrected chi connectivity index (χ3v) is 7.21. The predicted octanol–water partition coefficient (Wildman–Crippen LogP) is 4.29. The molecular weight excluding hydrogens is 518 g/mol. The molecule has 0 radical (unpaired) electrons. The lowest BCUT2D eigenvalue weighted by Crippen LogP contribution is -2.49. The largest absolute Gasteiger partial charge is 0.483 e. The molecule has 3 heterocycles. The summed E-state index contributed by atoms with van der Waals surface area (Å²) in [6.45, 7) is 1.06. The molecule has 2 aliphatic heterocycles. The lowest BCUT2D eigenvalue weighted by atomic mass is 10.0. The standard InChI is InChI=1S/C28H25F4N3O4/c1-15-7-8-20(30)23-13-34(15)28(38)24-26(39-14-16-5-3-2-4-6-16)25(36)19(12-35(23)24)27(37)33-11-18-21(31)9-17(29)10-22(18)32/h2-6,9-10,12,15,20,23H,7-8,11,13-14H2,1H3,(H,33,37)/t15-,20-,23?/m0/s1. The van der Waals surface area contributed by atoms with Gasteiger partial charge in [0.15, 0.2) is 11.4 Å². The van der Waals surface area contributed by atoms with Crippen molar-refractivity contribution in [1.29, 1.82) is 0 Å². The van der Waals surface area contributed by atoms with E-state index in [0.29, 0.717) is 24.1 Å². The van der Waals surface area contributed by atoms with Gasteiger partial charge in [0, 0.05) is 43.0 Å². The quantitative estimate of drug-likeness (QED) is 0.471. The molecule has 39 heavy (non-hydrogen) atoms. The van der Waals surface area contributed by atoms with Crippen molar-refractivity contribution >= 4 is 11.8 Å². The first kappa shape index (κ1) is 26.5. The molecular formula is C28H25F4N3O4. The molecule has 2 amide bonds. The molecule has 1 fully saturated rings. The van der Waals surface area contributed by atoms with Gasteiger partial charge in [0.1, 0.15) is 35.8 Å². The maximum Gasteiger partial charge on any atom is 0.274 e. The molecule has 2 bridgehead atoms. The molecule has 2 aromatic carbocycles. The van der Waals surface area contributed by atoms with Crippen LogP contribution >= 0.6 is 0 Å². The van der Waals surface area contributed by atoms with Crippen molar-refractivity contribution < 1.29 is 31.9 Å². The van der Waals surface area contributed by atoms with Crippen LogP contribution in [0.2, 0.25) is 0 Å². The first-order valence-corrected chi connectivity index (χ1v) is 12.5. The Labute approximate surface area is 221 Å². The second-order valence-electron chi connectivity index (χ2n) is 9.73. The molecule has 2 aliphatic rings. The van der Waals surface area contributed by atoms with E-state index in [1.54, 1.807) is 37.3 Å². The summed E-state index contributed by atoms with van der Waals surface area (Å²) in [6.07, 6.45) is 0.325. The fourth-order valence-corrected chi connectivity index (χ4v) is 5.03. The topological polar surface area (TPSA) is 80.6 Å². The number of alkyl halides is 1. The summed E-state index contributed by atoms with van der Waals surface area (Å²) in [5, 5.41) is 2.26. The number of hydrogen-bond acceptors (Lipinski definition) is 4. The number of benzene rings is 2. The van der Waals surface area contributed by atoms with Gasteiger partial charge in [0.05, 0.1) is 6.04 Å². The van der Waals surface area contributed by atoms with Crippen molar-refractivity contribution in [3.8, 4) is 5.75 Å². The van der Waals surface area contributed by atoms with Crippen LogP contribution < -0.4 is 15.5 Å². The van der Waals surface area contributed by atoms with Crippen molar-refractivity contribution in [2.24, 2.45) is 0 Å². The van der Waals surface area contributed by atoms with E-state index >= 15 is 4.39 Å². The van der Waals surface area contributed by atoms with Crippen molar-refractivity contribution in [2.75, 3.05) is 6.54 Å². The number of carbonyl (C=O) groups excluding carboxylic acids is 2. The Morgan fingerprint density at radius 1 is 1.08 bits per heavy atom. The summed E-state index contributed by atoms with van der Waals surface area (Å²) >= 11 is 0. The van der Waals surface area contributed by atoms with Crippen molar-refractivity contribution in [2.45, 2.75) is 51.2 Å². The maximum absolute atomic E-state index is 15.3. The van der Waals surface area contributed by atoms with Gasteiger partial charge in [-0.3, -0.25) is 14.4 Å². The minimum absolute atomic E-state index is 0.0439. The lowest BCUT2D eigenvalue weighted by molar-refractivity contribution is 0.0572. The number of nitrogens with zero attached hydrogens (tertiary/aromatic N) is 2. The molecule has 0 spiro atoms. The Balaban J connectivity index is 1.56. The third-order valence-electron chi connectivity index (χ3n) is 7.21. The van der Waals surface area contributed by atoms with Gasteiger partial charge in [-0.05, 0) is 25.3 Å². The first-order valence-electron chi connectivity index (χ1n) is 12.5. The number of amides is 2. The molecule has 1 aromatic heterocycles. The number of carbonyl (C=O) groups is 2. The lowest BCUT2D eigenvalue weighted by Gasteiger charge is -2.38. The number of rotatable bonds is 6. The van der Waals surface area contributed by atoms with Crippen LogP contribution in [0.4, 0.5) is 17.6 Å². The Kier molecular flexibility index (Phi) is 7.16. The van der Waals surface area contributed by atoms with E-state index in [1.165, 1.54) is 9.47 Å². The Morgan fingerprint density at radius 2 is 1.77 bits per heavy atom. The number of halogens is 4. The SMILES string of the molecule is C[C@H]1CC[C@H](F)C2CN1C(=O)c1c(OCc3ccccc3)c(=O)c(C(=O)NCc3c(F)cc(F)cc3F)cn12. The summed E-state index contributed by atoms with van der Waals surface area (Å²) in [7, 11) is 0. The number of hydrogen-bond donors (Lipinski definition) is 1.